The Morgan fingerprint density at radius 3 is 1.54 bits per heavy atom. The fourth-order valence-electron chi connectivity index (χ4n) is 7.66. The maximum atomic E-state index is 2.66. The summed E-state index contributed by atoms with van der Waals surface area (Å²) >= 11 is -2.12. The van der Waals surface area contributed by atoms with Crippen LogP contribution in [-0.2, 0) is 16.6 Å². The van der Waals surface area contributed by atoms with Gasteiger partial charge < -0.3 is 0 Å². The van der Waals surface area contributed by atoms with Crippen LogP contribution in [0.15, 0.2) is 50.9 Å². The van der Waals surface area contributed by atoms with Crippen LogP contribution in [0.3, 0.4) is 0 Å². The van der Waals surface area contributed by atoms with E-state index in [1.165, 1.54) is 0 Å². The van der Waals surface area contributed by atoms with Crippen LogP contribution < -0.4 is 5.19 Å². The second-order valence-electron chi connectivity index (χ2n) is 12.2. The van der Waals surface area contributed by atoms with Crippen LogP contribution in [0.1, 0.15) is 69.2 Å². The van der Waals surface area contributed by atoms with Crippen LogP contribution in [0.4, 0.5) is 0 Å². The van der Waals surface area contributed by atoms with Crippen molar-refractivity contribution in [3.63, 3.8) is 0 Å². The molecular formula is C26H44SiTi. The summed E-state index contributed by atoms with van der Waals surface area (Å²) in [6.45, 7) is 25.1. The second kappa shape index (κ2) is 7.10. The molecule has 0 bridgehead atoms. The Balaban J connectivity index is 3.16. The molecule has 0 spiro atoms. The zero-order valence-corrected chi connectivity index (χ0v) is 23.4. The Labute approximate surface area is 180 Å². The molecule has 0 aliphatic heterocycles. The molecule has 1 unspecified atom stereocenters. The summed E-state index contributed by atoms with van der Waals surface area (Å²) in [7, 11) is -2.15. The van der Waals surface area contributed by atoms with Gasteiger partial charge in [-0.25, -0.2) is 0 Å². The van der Waals surface area contributed by atoms with E-state index in [-0.39, 0.29) is 15.1 Å². The van der Waals surface area contributed by atoms with E-state index in [1.807, 2.05) is 3.88 Å². The molecule has 0 saturated carbocycles. The number of allylic oxidation sites excluding steroid dienone is 4. The Kier molecular flexibility index (Phi) is 6.06. The van der Waals surface area contributed by atoms with E-state index in [2.05, 4.69) is 115 Å². The van der Waals surface area contributed by atoms with Crippen LogP contribution in [0.2, 0.25) is 30.8 Å². The molecule has 0 radical (unpaired) electrons. The molecule has 0 saturated heterocycles. The van der Waals surface area contributed by atoms with Crippen molar-refractivity contribution in [3.05, 3.63) is 50.9 Å². The van der Waals surface area contributed by atoms with Gasteiger partial charge in [0.05, 0.1) is 0 Å². The fourth-order valence-corrected chi connectivity index (χ4v) is 24.3. The maximum absolute atomic E-state index is 2.66. The van der Waals surface area contributed by atoms with E-state index in [4.69, 9.17) is 0 Å². The summed E-state index contributed by atoms with van der Waals surface area (Å²) in [6, 6.07) is 11.6. The molecule has 1 aromatic rings. The molecule has 1 aromatic carbocycles. The first-order valence-electron chi connectivity index (χ1n) is 10.9. The quantitative estimate of drug-likeness (QED) is 0.419. The van der Waals surface area contributed by atoms with Gasteiger partial charge in [-0.15, -0.1) is 0 Å². The van der Waals surface area contributed by atoms with Gasteiger partial charge in [0, 0.05) is 0 Å². The molecule has 1 aliphatic carbocycles. The average molecular weight is 433 g/mol. The van der Waals surface area contributed by atoms with Gasteiger partial charge in [0.2, 0.25) is 0 Å². The van der Waals surface area contributed by atoms with Gasteiger partial charge in [0.1, 0.15) is 0 Å². The molecule has 0 fully saturated rings. The van der Waals surface area contributed by atoms with Gasteiger partial charge >= 0.3 is 181 Å². The van der Waals surface area contributed by atoms with Crippen LogP contribution in [0.5, 0.6) is 0 Å². The summed E-state index contributed by atoms with van der Waals surface area (Å²) in [5.41, 5.74) is 4.84. The van der Waals surface area contributed by atoms with Gasteiger partial charge in [-0.2, -0.15) is 0 Å². The van der Waals surface area contributed by atoms with E-state index in [0.717, 1.165) is 0 Å². The molecule has 28 heavy (non-hydrogen) atoms. The molecule has 0 nitrogen and oxygen atoms in total. The number of benzene rings is 1. The predicted octanol–water partition coefficient (Wildman–Crippen LogP) is 8.63. The molecule has 1 atom stereocenters. The van der Waals surface area contributed by atoms with Crippen LogP contribution in [0.25, 0.3) is 0 Å². The second-order valence-corrected chi connectivity index (χ2v) is 26.1. The normalized spacial score (nSPS) is 22.3. The van der Waals surface area contributed by atoms with Gasteiger partial charge in [0.25, 0.3) is 0 Å². The third-order valence-electron chi connectivity index (χ3n) is 7.71. The molecule has 0 N–H and O–H groups in total. The zero-order chi connectivity index (χ0) is 21.9. The van der Waals surface area contributed by atoms with Crippen molar-refractivity contribution in [2.75, 3.05) is 0 Å². The fraction of sp³-hybridized carbons (Fsp3) is 0.615. The van der Waals surface area contributed by atoms with E-state index >= 15 is 0 Å². The first-order valence-corrected chi connectivity index (χ1v) is 18.4. The van der Waals surface area contributed by atoms with Gasteiger partial charge in [-0.1, -0.05) is 0 Å². The Hall–Kier alpha value is -0.369. The monoisotopic (exact) mass is 432 g/mol. The average Bonchev–Trinajstić information content (AvgIpc) is 2.67. The van der Waals surface area contributed by atoms with Crippen LogP contribution >= 0.6 is 0 Å². The zero-order valence-electron chi connectivity index (χ0n) is 20.9. The standard InChI is InChI=1S/C23H35Si.3CH3.Ti/c1-17-16-23(10,19(3)18(17)2)24(21(4,5)6,22(7,8)9)20-14-12-11-13-15-20;;;;/h11-15H,1-10H3;3*1H3;. The van der Waals surface area contributed by atoms with Gasteiger partial charge in [-0.05, 0) is 0 Å². The third-order valence-corrected chi connectivity index (χ3v) is 19.6. The van der Waals surface area contributed by atoms with Gasteiger partial charge in [0.15, 0.2) is 0 Å². The van der Waals surface area contributed by atoms with Crippen molar-refractivity contribution in [3.8, 4) is 0 Å². The number of hydrogen-bond donors (Lipinski definition) is 0. The van der Waals surface area contributed by atoms with E-state index < -0.39 is 24.7 Å². The minimum absolute atomic E-state index is 0.164. The van der Waals surface area contributed by atoms with E-state index in [1.54, 1.807) is 21.9 Å². The first kappa shape index (κ1) is 23.9. The summed E-state index contributed by atoms with van der Waals surface area (Å²) in [5, 5.41) is 10.1. The predicted molar refractivity (Wildman–Crippen MR) is 128 cm³/mol. The van der Waals surface area contributed by atoms with Crippen molar-refractivity contribution in [1.29, 1.82) is 0 Å². The van der Waals surface area contributed by atoms with Gasteiger partial charge in [-0.3, -0.25) is 0 Å². The van der Waals surface area contributed by atoms with Crippen molar-refractivity contribution in [2.45, 2.75) is 100 Å². The number of rotatable bonds is 3. The van der Waals surface area contributed by atoms with Crippen molar-refractivity contribution in [2.24, 2.45) is 0 Å². The Morgan fingerprint density at radius 1 is 0.750 bits per heavy atom. The first-order chi connectivity index (χ1) is 12.5. The molecule has 0 heterocycles. The molecule has 0 amide bonds. The topological polar surface area (TPSA) is 0 Å². The summed E-state index contributed by atoms with van der Waals surface area (Å²) in [4.78, 5) is 0. The third kappa shape index (κ3) is 3.12. The van der Waals surface area contributed by atoms with Crippen molar-refractivity contribution < 1.29 is 16.6 Å². The van der Waals surface area contributed by atoms with Crippen molar-refractivity contribution in [1.82, 2.24) is 0 Å². The summed E-state index contributed by atoms with van der Waals surface area (Å²) < 4.78 is 1.86. The molecule has 0 aromatic heterocycles. The Morgan fingerprint density at radius 2 is 1.18 bits per heavy atom. The van der Waals surface area contributed by atoms with E-state index in [0.29, 0.717) is 0 Å². The number of hydrogen-bond acceptors (Lipinski definition) is 0. The SMILES string of the molecule is CC1=C(C)C(C)([Si](c2ccccc2)(C(C)(C)C)C(C)(C)C)[C]([Ti]([CH3])([CH3])[CH3])=C1C. The molecule has 156 valence electrons. The van der Waals surface area contributed by atoms with Crippen LogP contribution in [-0.4, -0.2) is 8.07 Å². The molecular weight excluding hydrogens is 388 g/mol. The minimum atomic E-state index is -2.15. The summed E-state index contributed by atoms with van der Waals surface area (Å²) in [6.07, 6.45) is 0. The van der Waals surface area contributed by atoms with E-state index in [9.17, 15) is 0 Å². The Bertz CT molecular complexity index is 793. The van der Waals surface area contributed by atoms with Crippen molar-refractivity contribution >= 4 is 13.3 Å². The summed E-state index contributed by atoms with van der Waals surface area (Å²) in [5.74, 6) is 0. The van der Waals surface area contributed by atoms with Crippen LogP contribution in [0, 0.1) is 0 Å². The molecule has 2 heteroatoms. The molecule has 1 aliphatic rings. The molecule has 2 rings (SSSR count).